The predicted octanol–water partition coefficient (Wildman–Crippen LogP) is 3.77. The molecule has 0 saturated heterocycles. The van der Waals surface area contributed by atoms with Gasteiger partial charge >= 0.3 is 0 Å². The molecule has 2 heterocycles. The van der Waals surface area contributed by atoms with Crippen molar-refractivity contribution in [2.24, 2.45) is 0 Å². The van der Waals surface area contributed by atoms with E-state index in [0.29, 0.717) is 16.5 Å². The molecule has 1 fully saturated rings. The summed E-state index contributed by atoms with van der Waals surface area (Å²) >= 11 is 1.31. The van der Waals surface area contributed by atoms with Gasteiger partial charge in [0, 0.05) is 30.6 Å². The molecule has 150 valence electrons. The Morgan fingerprint density at radius 3 is 2.69 bits per heavy atom. The van der Waals surface area contributed by atoms with Crippen LogP contribution < -0.4 is 10.0 Å². The van der Waals surface area contributed by atoms with E-state index in [4.69, 9.17) is 4.74 Å². The fourth-order valence-electron chi connectivity index (χ4n) is 2.75. The van der Waals surface area contributed by atoms with Crippen molar-refractivity contribution in [3.8, 4) is 11.1 Å². The van der Waals surface area contributed by atoms with Crippen LogP contribution in [0.3, 0.4) is 0 Å². The van der Waals surface area contributed by atoms with Crippen LogP contribution in [0.1, 0.15) is 24.6 Å². The van der Waals surface area contributed by atoms with E-state index in [-0.39, 0.29) is 11.2 Å². The molecule has 1 aromatic carbocycles. The van der Waals surface area contributed by atoms with Crippen molar-refractivity contribution in [2.75, 3.05) is 17.1 Å². The van der Waals surface area contributed by atoms with Crippen LogP contribution in [-0.4, -0.2) is 32.4 Å². The van der Waals surface area contributed by atoms with Gasteiger partial charge < -0.3 is 10.1 Å². The van der Waals surface area contributed by atoms with Crippen LogP contribution >= 0.6 is 11.3 Å². The van der Waals surface area contributed by atoms with Gasteiger partial charge in [0.25, 0.3) is 5.91 Å². The molecule has 0 spiro atoms. The molecule has 1 aliphatic carbocycles. The number of amides is 1. The summed E-state index contributed by atoms with van der Waals surface area (Å²) in [6.45, 7) is 0. The van der Waals surface area contributed by atoms with E-state index in [1.165, 1.54) is 18.4 Å². The second kappa shape index (κ2) is 8.81. The number of aromatic nitrogens is 2. The molecule has 0 bridgehead atoms. The zero-order valence-electron chi connectivity index (χ0n) is 15.7. The van der Waals surface area contributed by atoms with Gasteiger partial charge in [-0.1, -0.05) is 18.2 Å². The Hall–Kier alpha value is -2.62. The summed E-state index contributed by atoms with van der Waals surface area (Å²) in [5, 5.41) is 5.33. The third kappa shape index (κ3) is 4.87. The third-order valence-electron chi connectivity index (χ3n) is 4.43. The lowest BCUT2D eigenvalue weighted by Gasteiger charge is -2.13. The van der Waals surface area contributed by atoms with E-state index in [9.17, 15) is 9.00 Å². The first-order valence-electron chi connectivity index (χ1n) is 9.11. The number of hydrogen-bond acceptors (Lipinski definition) is 6. The lowest BCUT2D eigenvalue weighted by molar-refractivity contribution is -0.126. The SMILES string of the molecule is COC(C(=O)Nc1ccc(-c2cccnc2)cc1)c1csc(NS(=O)C2CC2)n1. The second-order valence-electron chi connectivity index (χ2n) is 6.60. The summed E-state index contributed by atoms with van der Waals surface area (Å²) in [6, 6.07) is 11.4. The molecular weight excluding hydrogens is 408 g/mol. The van der Waals surface area contributed by atoms with Crippen LogP contribution in [0.25, 0.3) is 11.1 Å². The van der Waals surface area contributed by atoms with Crippen molar-refractivity contribution in [1.29, 1.82) is 0 Å². The quantitative estimate of drug-likeness (QED) is 0.570. The van der Waals surface area contributed by atoms with E-state index >= 15 is 0 Å². The number of anilines is 2. The van der Waals surface area contributed by atoms with Crippen molar-refractivity contribution < 1.29 is 13.7 Å². The van der Waals surface area contributed by atoms with Crippen molar-refractivity contribution in [2.45, 2.75) is 24.2 Å². The Kier molecular flexibility index (Phi) is 5.98. The first kappa shape index (κ1) is 19.7. The minimum Gasteiger partial charge on any atom is -0.365 e. The molecule has 0 radical (unpaired) electrons. The average Bonchev–Trinajstić information content (AvgIpc) is 3.51. The van der Waals surface area contributed by atoms with Gasteiger partial charge in [-0.3, -0.25) is 14.5 Å². The highest BCUT2D eigenvalue weighted by Gasteiger charge is 2.30. The summed E-state index contributed by atoms with van der Waals surface area (Å²) in [4.78, 5) is 21.2. The van der Waals surface area contributed by atoms with E-state index < -0.39 is 17.1 Å². The van der Waals surface area contributed by atoms with Crippen molar-refractivity contribution >= 4 is 39.0 Å². The van der Waals surface area contributed by atoms with E-state index in [1.54, 1.807) is 17.8 Å². The molecule has 4 rings (SSSR count). The lowest BCUT2D eigenvalue weighted by atomic mass is 10.1. The van der Waals surface area contributed by atoms with Gasteiger partial charge in [-0.15, -0.1) is 11.3 Å². The third-order valence-corrected chi connectivity index (χ3v) is 6.80. The summed E-state index contributed by atoms with van der Waals surface area (Å²) < 4.78 is 20.2. The van der Waals surface area contributed by atoms with E-state index in [2.05, 4.69) is 20.0 Å². The Morgan fingerprint density at radius 2 is 2.03 bits per heavy atom. The Balaban J connectivity index is 1.41. The van der Waals surface area contributed by atoms with Crippen LogP contribution in [0.2, 0.25) is 0 Å². The van der Waals surface area contributed by atoms with Gasteiger partial charge in [0.05, 0.1) is 10.9 Å². The normalized spacial score (nSPS) is 15.5. The number of rotatable bonds is 8. The number of benzene rings is 1. The molecule has 1 saturated carbocycles. The zero-order chi connectivity index (χ0) is 20.2. The number of nitrogens with zero attached hydrogens (tertiary/aromatic N) is 2. The Morgan fingerprint density at radius 1 is 1.24 bits per heavy atom. The van der Waals surface area contributed by atoms with Gasteiger partial charge in [-0.25, -0.2) is 9.19 Å². The average molecular weight is 429 g/mol. The highest BCUT2D eigenvalue weighted by atomic mass is 32.2. The van der Waals surface area contributed by atoms with Gasteiger partial charge in [0.15, 0.2) is 11.2 Å². The molecule has 2 N–H and O–H groups in total. The number of carbonyl (C=O) groups is 1. The number of ether oxygens (including phenoxy) is 1. The molecule has 29 heavy (non-hydrogen) atoms. The van der Waals surface area contributed by atoms with Gasteiger partial charge in [-0.05, 0) is 42.2 Å². The van der Waals surface area contributed by atoms with E-state index in [1.807, 2.05) is 36.4 Å². The molecule has 7 nitrogen and oxygen atoms in total. The molecule has 2 aromatic heterocycles. The van der Waals surface area contributed by atoms with Crippen LogP contribution in [0.5, 0.6) is 0 Å². The van der Waals surface area contributed by atoms with E-state index in [0.717, 1.165) is 24.0 Å². The maximum Gasteiger partial charge on any atom is 0.259 e. The summed E-state index contributed by atoms with van der Waals surface area (Å²) in [5.74, 6) is -0.318. The van der Waals surface area contributed by atoms with Crippen LogP contribution in [0, 0.1) is 0 Å². The van der Waals surface area contributed by atoms with Crippen LogP contribution in [0.15, 0.2) is 54.2 Å². The number of methoxy groups -OCH3 is 1. The van der Waals surface area contributed by atoms with Gasteiger partial charge in [-0.2, -0.15) is 0 Å². The maximum atomic E-state index is 12.7. The molecule has 2 atom stereocenters. The summed E-state index contributed by atoms with van der Waals surface area (Å²) in [5.41, 5.74) is 3.16. The van der Waals surface area contributed by atoms with Crippen LogP contribution in [0.4, 0.5) is 10.8 Å². The van der Waals surface area contributed by atoms with Crippen molar-refractivity contribution in [3.05, 3.63) is 59.9 Å². The first-order valence-corrected chi connectivity index (χ1v) is 11.2. The highest BCUT2D eigenvalue weighted by molar-refractivity contribution is 7.87. The molecular formula is C20H20N4O3S2. The molecule has 1 aliphatic rings. The van der Waals surface area contributed by atoms with Crippen LogP contribution in [-0.2, 0) is 20.5 Å². The fourth-order valence-corrected chi connectivity index (χ4v) is 4.71. The molecule has 2 unspecified atom stereocenters. The van der Waals surface area contributed by atoms with Crippen molar-refractivity contribution in [3.63, 3.8) is 0 Å². The minimum absolute atomic E-state index is 0.207. The number of carbonyl (C=O) groups excluding carboxylic acids is 1. The standard InChI is InChI=1S/C20H20N4O3S2/c1-27-18(17-12-28-20(23-17)24-29(26)16-8-9-16)19(25)22-15-6-4-13(5-7-15)14-3-2-10-21-11-14/h2-7,10-12,16,18H,8-9H2,1H3,(H,22,25)(H,23,24). The Bertz CT molecular complexity index is 1000. The number of thiazole rings is 1. The largest absolute Gasteiger partial charge is 0.365 e. The summed E-state index contributed by atoms with van der Waals surface area (Å²) in [7, 11) is 0.341. The number of hydrogen-bond donors (Lipinski definition) is 2. The smallest absolute Gasteiger partial charge is 0.259 e. The Labute approximate surface area is 175 Å². The topological polar surface area (TPSA) is 93.2 Å². The monoisotopic (exact) mass is 428 g/mol. The zero-order valence-corrected chi connectivity index (χ0v) is 17.3. The van der Waals surface area contributed by atoms with Gasteiger partial charge in [0.1, 0.15) is 11.0 Å². The minimum atomic E-state index is -1.12. The first-order chi connectivity index (χ1) is 14.1. The fraction of sp³-hybridized carbons (Fsp3) is 0.250. The molecule has 3 aromatic rings. The molecule has 1 amide bonds. The summed E-state index contributed by atoms with van der Waals surface area (Å²) in [6.07, 6.45) is 4.61. The maximum absolute atomic E-state index is 12.7. The molecule has 9 heteroatoms. The lowest BCUT2D eigenvalue weighted by Crippen LogP contribution is -2.23. The number of pyridine rings is 1. The van der Waals surface area contributed by atoms with Crippen molar-refractivity contribution in [1.82, 2.24) is 9.97 Å². The predicted molar refractivity (Wildman–Crippen MR) is 115 cm³/mol. The second-order valence-corrected chi connectivity index (χ2v) is 8.92. The highest BCUT2D eigenvalue weighted by Crippen LogP contribution is 2.29. The van der Waals surface area contributed by atoms with Gasteiger partial charge in [0.2, 0.25) is 0 Å². The molecule has 0 aliphatic heterocycles. The number of nitrogens with one attached hydrogen (secondary N) is 2.